The average molecular weight is 489 g/mol. The number of methoxy groups -OCH3 is 1. The van der Waals surface area contributed by atoms with Crippen molar-refractivity contribution in [3.63, 3.8) is 0 Å². The number of carbonyl (C=O) groups is 2. The van der Waals surface area contributed by atoms with Crippen LogP contribution in [0.2, 0.25) is 0 Å². The minimum atomic E-state index is -0.712. The second-order valence-electron chi connectivity index (χ2n) is 9.30. The van der Waals surface area contributed by atoms with Crippen molar-refractivity contribution in [3.8, 4) is 11.5 Å². The summed E-state index contributed by atoms with van der Waals surface area (Å²) in [5.74, 6) is 0.893. The smallest absolute Gasteiger partial charge is 0.261 e. The molecule has 2 amide bonds. The van der Waals surface area contributed by atoms with Gasteiger partial charge in [0, 0.05) is 19.0 Å². The molecule has 3 aromatic carbocycles. The fourth-order valence-corrected chi connectivity index (χ4v) is 3.99. The van der Waals surface area contributed by atoms with Crippen molar-refractivity contribution >= 4 is 11.8 Å². The van der Waals surface area contributed by atoms with Crippen molar-refractivity contribution in [2.45, 2.75) is 52.7 Å². The van der Waals surface area contributed by atoms with Crippen LogP contribution in [0, 0.1) is 13.8 Å². The maximum atomic E-state index is 13.7. The summed E-state index contributed by atoms with van der Waals surface area (Å²) in [6, 6.07) is 22.4. The summed E-state index contributed by atoms with van der Waals surface area (Å²) in [5, 5.41) is 3.00. The van der Waals surface area contributed by atoms with E-state index in [1.165, 1.54) is 0 Å². The van der Waals surface area contributed by atoms with Crippen molar-refractivity contribution in [1.29, 1.82) is 0 Å². The second-order valence-corrected chi connectivity index (χ2v) is 9.30. The van der Waals surface area contributed by atoms with Crippen LogP contribution >= 0.6 is 0 Å². The summed E-state index contributed by atoms with van der Waals surface area (Å²) in [6.07, 6.45) is 0.387. The fourth-order valence-electron chi connectivity index (χ4n) is 3.99. The SMILES string of the molecule is COc1cccc(CN(C(=O)COc2cc(C)ccc2C)C(Cc2ccccc2)C(=O)NC(C)C)c1. The molecule has 0 aromatic heterocycles. The molecule has 3 aromatic rings. The van der Waals surface area contributed by atoms with Gasteiger partial charge in [-0.3, -0.25) is 9.59 Å². The summed E-state index contributed by atoms with van der Waals surface area (Å²) in [4.78, 5) is 28.7. The quantitative estimate of drug-likeness (QED) is 0.419. The van der Waals surface area contributed by atoms with Gasteiger partial charge in [-0.05, 0) is 68.1 Å². The molecule has 0 aliphatic carbocycles. The third-order valence-electron chi connectivity index (χ3n) is 5.88. The highest BCUT2D eigenvalue weighted by Crippen LogP contribution is 2.21. The highest BCUT2D eigenvalue weighted by Gasteiger charge is 2.31. The molecule has 0 aliphatic heterocycles. The number of hydrogen-bond donors (Lipinski definition) is 1. The Morgan fingerprint density at radius 1 is 0.917 bits per heavy atom. The minimum Gasteiger partial charge on any atom is -0.497 e. The first-order chi connectivity index (χ1) is 17.3. The van der Waals surface area contributed by atoms with Gasteiger partial charge in [-0.2, -0.15) is 0 Å². The predicted octanol–water partition coefficient (Wildman–Crippen LogP) is 4.86. The molecule has 3 rings (SSSR count). The van der Waals surface area contributed by atoms with Crippen molar-refractivity contribution in [2.75, 3.05) is 13.7 Å². The topological polar surface area (TPSA) is 67.9 Å². The van der Waals surface area contributed by atoms with E-state index in [0.717, 1.165) is 22.3 Å². The molecule has 0 spiro atoms. The number of nitrogens with one attached hydrogen (secondary N) is 1. The van der Waals surface area contributed by atoms with Crippen molar-refractivity contribution in [2.24, 2.45) is 0 Å². The Kier molecular flexibility index (Phi) is 9.51. The first kappa shape index (κ1) is 26.8. The van der Waals surface area contributed by atoms with Crippen LogP contribution in [-0.4, -0.2) is 42.5 Å². The van der Waals surface area contributed by atoms with Gasteiger partial charge >= 0.3 is 0 Å². The van der Waals surface area contributed by atoms with Gasteiger partial charge in [0.2, 0.25) is 5.91 Å². The van der Waals surface area contributed by atoms with E-state index in [2.05, 4.69) is 5.32 Å². The molecule has 1 N–H and O–H groups in total. The Bertz CT molecular complexity index is 1160. The predicted molar refractivity (Wildman–Crippen MR) is 142 cm³/mol. The molecule has 0 saturated heterocycles. The lowest BCUT2D eigenvalue weighted by atomic mass is 10.0. The molecule has 0 fully saturated rings. The number of nitrogens with zero attached hydrogens (tertiary/aromatic N) is 1. The van der Waals surface area contributed by atoms with Gasteiger partial charge in [0.15, 0.2) is 6.61 Å². The monoisotopic (exact) mass is 488 g/mol. The van der Waals surface area contributed by atoms with E-state index in [9.17, 15) is 9.59 Å². The van der Waals surface area contributed by atoms with Gasteiger partial charge in [0.25, 0.3) is 5.91 Å². The molecular formula is C30H36N2O4. The zero-order valence-corrected chi connectivity index (χ0v) is 21.8. The van der Waals surface area contributed by atoms with E-state index < -0.39 is 6.04 Å². The van der Waals surface area contributed by atoms with Crippen molar-refractivity contribution in [3.05, 3.63) is 95.1 Å². The minimum absolute atomic E-state index is 0.0595. The Morgan fingerprint density at radius 2 is 1.64 bits per heavy atom. The molecule has 0 radical (unpaired) electrons. The van der Waals surface area contributed by atoms with Gasteiger partial charge in [0.05, 0.1) is 7.11 Å². The third-order valence-corrected chi connectivity index (χ3v) is 5.88. The summed E-state index contributed by atoms with van der Waals surface area (Å²) >= 11 is 0. The number of hydrogen-bond acceptors (Lipinski definition) is 4. The highest BCUT2D eigenvalue weighted by molar-refractivity contribution is 5.88. The van der Waals surface area contributed by atoms with E-state index in [1.54, 1.807) is 12.0 Å². The molecule has 6 heteroatoms. The van der Waals surface area contributed by atoms with Crippen LogP contribution < -0.4 is 14.8 Å². The first-order valence-corrected chi connectivity index (χ1v) is 12.2. The lowest BCUT2D eigenvalue weighted by molar-refractivity contribution is -0.143. The van der Waals surface area contributed by atoms with Gasteiger partial charge in [-0.1, -0.05) is 54.6 Å². The zero-order chi connectivity index (χ0) is 26.1. The molecular weight excluding hydrogens is 452 g/mol. The van der Waals surface area contributed by atoms with Crippen LogP contribution in [0.5, 0.6) is 11.5 Å². The maximum absolute atomic E-state index is 13.7. The van der Waals surface area contributed by atoms with Crippen LogP contribution in [0.4, 0.5) is 0 Å². The molecule has 1 atom stereocenters. The molecule has 0 heterocycles. The highest BCUT2D eigenvalue weighted by atomic mass is 16.5. The van der Waals surface area contributed by atoms with Crippen LogP contribution in [0.3, 0.4) is 0 Å². The summed E-state index contributed by atoms with van der Waals surface area (Å²) in [6.45, 7) is 7.82. The third kappa shape index (κ3) is 7.60. The zero-order valence-electron chi connectivity index (χ0n) is 21.8. The molecule has 36 heavy (non-hydrogen) atoms. The Labute approximate surface area is 214 Å². The van der Waals surface area contributed by atoms with E-state index in [0.29, 0.717) is 17.9 Å². The molecule has 0 saturated carbocycles. The summed E-state index contributed by atoms with van der Waals surface area (Å²) in [5.41, 5.74) is 3.84. The number of rotatable bonds is 11. The van der Waals surface area contributed by atoms with Gasteiger partial charge < -0.3 is 19.7 Å². The van der Waals surface area contributed by atoms with E-state index in [1.807, 2.05) is 100 Å². The van der Waals surface area contributed by atoms with Crippen molar-refractivity contribution in [1.82, 2.24) is 10.2 Å². The Morgan fingerprint density at radius 3 is 2.33 bits per heavy atom. The van der Waals surface area contributed by atoms with Gasteiger partial charge in [0.1, 0.15) is 17.5 Å². The molecule has 6 nitrogen and oxygen atoms in total. The fraction of sp³-hybridized carbons (Fsp3) is 0.333. The average Bonchev–Trinajstić information content (AvgIpc) is 2.86. The molecule has 0 bridgehead atoms. The first-order valence-electron chi connectivity index (χ1n) is 12.2. The van der Waals surface area contributed by atoms with Crippen molar-refractivity contribution < 1.29 is 19.1 Å². The lowest BCUT2D eigenvalue weighted by Crippen LogP contribution is -2.52. The van der Waals surface area contributed by atoms with E-state index >= 15 is 0 Å². The van der Waals surface area contributed by atoms with Crippen LogP contribution in [0.1, 0.15) is 36.1 Å². The van der Waals surface area contributed by atoms with Crippen LogP contribution in [0.15, 0.2) is 72.8 Å². The molecule has 0 aliphatic rings. The van der Waals surface area contributed by atoms with Crippen LogP contribution in [0.25, 0.3) is 0 Å². The number of amides is 2. The standard InChI is InChI=1S/C30H36N2O4/c1-21(2)31-30(34)27(18-24-10-7-6-8-11-24)32(19-25-12-9-13-26(17-25)35-5)29(33)20-36-28-16-22(3)14-15-23(28)4/h6-17,21,27H,18-20H2,1-5H3,(H,31,34). The number of ether oxygens (including phenoxy) is 2. The van der Waals surface area contributed by atoms with E-state index in [4.69, 9.17) is 9.47 Å². The maximum Gasteiger partial charge on any atom is 0.261 e. The summed E-state index contributed by atoms with van der Waals surface area (Å²) in [7, 11) is 1.61. The van der Waals surface area contributed by atoms with Crippen LogP contribution in [-0.2, 0) is 22.6 Å². The number of benzene rings is 3. The van der Waals surface area contributed by atoms with Gasteiger partial charge in [-0.25, -0.2) is 0 Å². The van der Waals surface area contributed by atoms with Gasteiger partial charge in [-0.15, -0.1) is 0 Å². The second kappa shape index (κ2) is 12.8. The molecule has 190 valence electrons. The Hall–Kier alpha value is -3.80. The summed E-state index contributed by atoms with van der Waals surface area (Å²) < 4.78 is 11.3. The van der Waals surface area contributed by atoms with E-state index in [-0.39, 0.29) is 31.0 Å². The number of carbonyl (C=O) groups excluding carboxylic acids is 2. The Balaban J connectivity index is 1.94. The lowest BCUT2D eigenvalue weighted by Gasteiger charge is -2.32. The largest absolute Gasteiger partial charge is 0.497 e. The number of aryl methyl sites for hydroxylation is 2. The normalized spacial score (nSPS) is 11.6. The molecule has 1 unspecified atom stereocenters.